The SMILES string of the molecule is CCN(CCCO)C(C)C(=O)N1CCCCCC1. The number of rotatable bonds is 6. The van der Waals surface area contributed by atoms with Gasteiger partial charge in [-0.15, -0.1) is 0 Å². The molecule has 1 amide bonds. The van der Waals surface area contributed by atoms with Gasteiger partial charge in [0.25, 0.3) is 0 Å². The molecule has 0 radical (unpaired) electrons. The maximum atomic E-state index is 12.4. The van der Waals surface area contributed by atoms with Gasteiger partial charge in [-0.05, 0) is 32.7 Å². The lowest BCUT2D eigenvalue weighted by molar-refractivity contribution is -0.136. The van der Waals surface area contributed by atoms with Crippen molar-refractivity contribution in [2.75, 3.05) is 32.8 Å². The van der Waals surface area contributed by atoms with Crippen LogP contribution in [-0.4, -0.2) is 59.6 Å². The molecule has 106 valence electrons. The Hall–Kier alpha value is -0.610. The lowest BCUT2D eigenvalue weighted by atomic mass is 10.2. The Bertz CT molecular complexity index is 238. The second-order valence-corrected chi connectivity index (χ2v) is 5.12. The van der Waals surface area contributed by atoms with E-state index < -0.39 is 0 Å². The summed E-state index contributed by atoms with van der Waals surface area (Å²) in [6, 6.07) is -0.0559. The van der Waals surface area contributed by atoms with E-state index in [2.05, 4.69) is 11.8 Å². The number of aliphatic hydroxyl groups is 1. The monoisotopic (exact) mass is 256 g/mol. The van der Waals surface area contributed by atoms with Crippen LogP contribution in [0.15, 0.2) is 0 Å². The van der Waals surface area contributed by atoms with Crippen LogP contribution >= 0.6 is 0 Å². The highest BCUT2D eigenvalue weighted by Crippen LogP contribution is 2.13. The normalized spacial score (nSPS) is 18.8. The molecule has 0 aromatic rings. The molecular weight excluding hydrogens is 228 g/mol. The highest BCUT2D eigenvalue weighted by molar-refractivity contribution is 5.81. The molecule has 1 aliphatic rings. The molecule has 1 heterocycles. The van der Waals surface area contributed by atoms with Gasteiger partial charge in [-0.3, -0.25) is 9.69 Å². The van der Waals surface area contributed by atoms with Gasteiger partial charge in [-0.25, -0.2) is 0 Å². The van der Waals surface area contributed by atoms with Crippen molar-refractivity contribution in [2.45, 2.75) is 52.0 Å². The zero-order chi connectivity index (χ0) is 13.4. The zero-order valence-corrected chi connectivity index (χ0v) is 11.9. The maximum Gasteiger partial charge on any atom is 0.239 e. The number of aliphatic hydroxyl groups excluding tert-OH is 1. The predicted molar refractivity (Wildman–Crippen MR) is 73.5 cm³/mol. The Labute approximate surface area is 111 Å². The average Bonchev–Trinajstić information content (AvgIpc) is 2.67. The van der Waals surface area contributed by atoms with E-state index in [0.717, 1.165) is 45.4 Å². The van der Waals surface area contributed by atoms with Crippen LogP contribution in [0.5, 0.6) is 0 Å². The Morgan fingerprint density at radius 1 is 1.28 bits per heavy atom. The minimum Gasteiger partial charge on any atom is -0.396 e. The van der Waals surface area contributed by atoms with E-state index >= 15 is 0 Å². The van der Waals surface area contributed by atoms with Crippen molar-refractivity contribution in [3.63, 3.8) is 0 Å². The number of carbonyl (C=O) groups is 1. The second kappa shape index (κ2) is 8.48. The summed E-state index contributed by atoms with van der Waals surface area (Å²) >= 11 is 0. The van der Waals surface area contributed by atoms with E-state index in [9.17, 15) is 4.79 Å². The summed E-state index contributed by atoms with van der Waals surface area (Å²) < 4.78 is 0. The molecule has 1 saturated heterocycles. The fraction of sp³-hybridized carbons (Fsp3) is 0.929. The molecule has 1 aliphatic heterocycles. The van der Waals surface area contributed by atoms with Crippen LogP contribution in [0, 0.1) is 0 Å². The molecule has 1 fully saturated rings. The van der Waals surface area contributed by atoms with Crippen molar-refractivity contribution < 1.29 is 9.90 Å². The van der Waals surface area contributed by atoms with Crippen LogP contribution in [0.3, 0.4) is 0 Å². The first-order valence-electron chi connectivity index (χ1n) is 7.34. The average molecular weight is 256 g/mol. The first-order valence-corrected chi connectivity index (χ1v) is 7.34. The van der Waals surface area contributed by atoms with E-state index in [1.54, 1.807) is 0 Å². The van der Waals surface area contributed by atoms with E-state index in [-0.39, 0.29) is 18.6 Å². The van der Waals surface area contributed by atoms with Crippen LogP contribution in [0.25, 0.3) is 0 Å². The number of nitrogens with zero attached hydrogens (tertiary/aromatic N) is 2. The quantitative estimate of drug-likeness (QED) is 0.783. The standard InChI is InChI=1S/C14H28N2O2/c1-3-15(11-8-12-17)13(2)14(18)16-9-6-4-5-7-10-16/h13,17H,3-12H2,1-2H3. The zero-order valence-electron chi connectivity index (χ0n) is 11.9. The molecule has 18 heavy (non-hydrogen) atoms. The Balaban J connectivity index is 2.51. The summed E-state index contributed by atoms with van der Waals surface area (Å²) in [6.07, 6.45) is 5.52. The smallest absolute Gasteiger partial charge is 0.239 e. The van der Waals surface area contributed by atoms with Crippen LogP contribution in [0.2, 0.25) is 0 Å². The third kappa shape index (κ3) is 4.58. The molecule has 1 unspecified atom stereocenters. The van der Waals surface area contributed by atoms with Gasteiger partial charge in [0.1, 0.15) is 0 Å². The highest BCUT2D eigenvalue weighted by atomic mass is 16.3. The van der Waals surface area contributed by atoms with Crippen molar-refractivity contribution >= 4 is 5.91 Å². The molecule has 1 atom stereocenters. The summed E-state index contributed by atoms with van der Waals surface area (Å²) in [6.45, 7) is 7.76. The Kier molecular flexibility index (Phi) is 7.28. The number of likely N-dealkylation sites (N-methyl/N-ethyl adjacent to an activating group) is 1. The summed E-state index contributed by atoms with van der Waals surface area (Å²) in [5.74, 6) is 0.261. The largest absolute Gasteiger partial charge is 0.396 e. The fourth-order valence-electron chi connectivity index (χ4n) is 2.61. The molecule has 1 rings (SSSR count). The first-order chi connectivity index (χ1) is 8.70. The van der Waals surface area contributed by atoms with Crippen LogP contribution in [-0.2, 0) is 4.79 Å². The van der Waals surface area contributed by atoms with Crippen LogP contribution < -0.4 is 0 Å². The minimum absolute atomic E-state index is 0.0559. The van der Waals surface area contributed by atoms with Crippen molar-refractivity contribution in [1.29, 1.82) is 0 Å². The van der Waals surface area contributed by atoms with Crippen LogP contribution in [0.4, 0.5) is 0 Å². The summed E-state index contributed by atoms with van der Waals surface area (Å²) in [7, 11) is 0. The third-order valence-electron chi connectivity index (χ3n) is 3.83. The summed E-state index contributed by atoms with van der Waals surface area (Å²) in [4.78, 5) is 16.6. The predicted octanol–water partition coefficient (Wildman–Crippen LogP) is 1.48. The highest BCUT2D eigenvalue weighted by Gasteiger charge is 2.25. The van der Waals surface area contributed by atoms with E-state index in [1.165, 1.54) is 12.8 Å². The van der Waals surface area contributed by atoms with Gasteiger partial charge in [0.05, 0.1) is 6.04 Å². The van der Waals surface area contributed by atoms with Gasteiger partial charge >= 0.3 is 0 Å². The van der Waals surface area contributed by atoms with E-state index in [4.69, 9.17) is 5.11 Å². The summed E-state index contributed by atoms with van der Waals surface area (Å²) in [5, 5.41) is 8.89. The Morgan fingerprint density at radius 3 is 2.39 bits per heavy atom. The molecule has 0 aromatic heterocycles. The van der Waals surface area contributed by atoms with E-state index in [0.29, 0.717) is 0 Å². The lowest BCUT2D eigenvalue weighted by Crippen LogP contribution is -2.47. The molecule has 0 saturated carbocycles. The minimum atomic E-state index is -0.0559. The van der Waals surface area contributed by atoms with Crippen molar-refractivity contribution in [2.24, 2.45) is 0 Å². The molecule has 4 nitrogen and oxygen atoms in total. The van der Waals surface area contributed by atoms with E-state index in [1.807, 2.05) is 11.8 Å². The van der Waals surface area contributed by atoms with Gasteiger partial charge in [0.15, 0.2) is 0 Å². The van der Waals surface area contributed by atoms with Gasteiger partial charge in [-0.1, -0.05) is 19.8 Å². The third-order valence-corrected chi connectivity index (χ3v) is 3.83. The van der Waals surface area contributed by atoms with Gasteiger partial charge in [0, 0.05) is 26.2 Å². The van der Waals surface area contributed by atoms with Gasteiger partial charge in [-0.2, -0.15) is 0 Å². The van der Waals surface area contributed by atoms with Gasteiger partial charge in [0.2, 0.25) is 5.91 Å². The molecule has 0 aliphatic carbocycles. The number of hydrogen-bond acceptors (Lipinski definition) is 3. The van der Waals surface area contributed by atoms with Gasteiger partial charge < -0.3 is 10.0 Å². The van der Waals surface area contributed by atoms with Crippen molar-refractivity contribution in [3.8, 4) is 0 Å². The summed E-state index contributed by atoms with van der Waals surface area (Å²) in [5.41, 5.74) is 0. The first kappa shape index (κ1) is 15.4. The molecule has 0 aromatic carbocycles. The number of amides is 1. The second-order valence-electron chi connectivity index (χ2n) is 5.12. The molecule has 0 spiro atoms. The van der Waals surface area contributed by atoms with Crippen LogP contribution in [0.1, 0.15) is 46.0 Å². The number of carbonyl (C=O) groups excluding carboxylic acids is 1. The topological polar surface area (TPSA) is 43.8 Å². The van der Waals surface area contributed by atoms with Crippen molar-refractivity contribution in [3.05, 3.63) is 0 Å². The fourth-order valence-corrected chi connectivity index (χ4v) is 2.61. The lowest BCUT2D eigenvalue weighted by Gasteiger charge is -2.31. The van der Waals surface area contributed by atoms with Crippen molar-refractivity contribution in [1.82, 2.24) is 9.80 Å². The maximum absolute atomic E-state index is 12.4. The Morgan fingerprint density at radius 2 is 1.89 bits per heavy atom. The number of likely N-dealkylation sites (tertiary alicyclic amines) is 1. The molecule has 1 N–H and O–H groups in total. The molecular formula is C14H28N2O2. The number of hydrogen-bond donors (Lipinski definition) is 1. The molecule has 4 heteroatoms. The molecule has 0 bridgehead atoms.